The van der Waals surface area contributed by atoms with Gasteiger partial charge in [-0.1, -0.05) is 59.4 Å². The standard InChI is InChI=1S/C18H18N2S/c1-3-20-17(15-11-9-14(2)10-12-15)13-21-18(20)19-16-7-5-4-6-8-16/h4-13H,3H2,1-2H3/p+1. The molecule has 1 N–H and O–H groups in total. The summed E-state index contributed by atoms with van der Waals surface area (Å²) in [6.45, 7) is 5.25. The summed E-state index contributed by atoms with van der Waals surface area (Å²) >= 11 is 1.75. The molecule has 0 aliphatic rings. The van der Waals surface area contributed by atoms with E-state index in [9.17, 15) is 0 Å². The fourth-order valence-corrected chi connectivity index (χ4v) is 3.37. The first kappa shape index (κ1) is 13.8. The minimum Gasteiger partial charge on any atom is -0.231 e. The molecule has 2 aromatic carbocycles. The molecule has 0 aliphatic heterocycles. The van der Waals surface area contributed by atoms with Crippen molar-refractivity contribution in [2.75, 3.05) is 5.32 Å². The second-order valence-electron chi connectivity index (χ2n) is 5.03. The van der Waals surface area contributed by atoms with Crippen LogP contribution in [0.2, 0.25) is 0 Å². The van der Waals surface area contributed by atoms with E-state index >= 15 is 0 Å². The number of aromatic nitrogens is 1. The van der Waals surface area contributed by atoms with Crippen molar-refractivity contribution < 1.29 is 4.57 Å². The maximum absolute atomic E-state index is 3.51. The van der Waals surface area contributed by atoms with Crippen LogP contribution in [0.3, 0.4) is 0 Å². The highest BCUT2D eigenvalue weighted by Gasteiger charge is 2.17. The molecule has 1 heterocycles. The van der Waals surface area contributed by atoms with Gasteiger partial charge in [0.25, 0.3) is 0 Å². The number of para-hydroxylation sites is 1. The molecule has 0 aliphatic carbocycles. The van der Waals surface area contributed by atoms with Crippen molar-refractivity contribution in [1.82, 2.24) is 0 Å². The number of rotatable bonds is 4. The zero-order chi connectivity index (χ0) is 14.7. The number of thiazole rings is 1. The zero-order valence-electron chi connectivity index (χ0n) is 12.3. The summed E-state index contributed by atoms with van der Waals surface area (Å²) < 4.78 is 2.32. The van der Waals surface area contributed by atoms with E-state index in [-0.39, 0.29) is 0 Å². The van der Waals surface area contributed by atoms with Gasteiger partial charge in [-0.05, 0) is 26.0 Å². The summed E-state index contributed by atoms with van der Waals surface area (Å²) in [4.78, 5) is 0. The van der Waals surface area contributed by atoms with Gasteiger partial charge in [-0.25, -0.2) is 9.88 Å². The largest absolute Gasteiger partial charge is 0.339 e. The van der Waals surface area contributed by atoms with E-state index in [1.807, 2.05) is 18.2 Å². The fraction of sp³-hybridized carbons (Fsp3) is 0.167. The number of anilines is 2. The Morgan fingerprint density at radius 3 is 2.38 bits per heavy atom. The maximum Gasteiger partial charge on any atom is 0.339 e. The molecule has 0 unspecified atom stereocenters. The molecular weight excluding hydrogens is 276 g/mol. The normalized spacial score (nSPS) is 10.6. The Labute approximate surface area is 129 Å². The zero-order valence-corrected chi connectivity index (χ0v) is 13.2. The smallest absolute Gasteiger partial charge is 0.231 e. The quantitative estimate of drug-likeness (QED) is 0.685. The van der Waals surface area contributed by atoms with E-state index in [1.54, 1.807) is 11.3 Å². The SMILES string of the molecule is CC[n+]1c(-c2ccc(C)cc2)csc1Nc1ccccc1. The first-order chi connectivity index (χ1) is 10.3. The number of benzene rings is 2. The van der Waals surface area contributed by atoms with Crippen LogP contribution in [-0.4, -0.2) is 0 Å². The van der Waals surface area contributed by atoms with Crippen LogP contribution in [0.1, 0.15) is 12.5 Å². The third kappa shape index (κ3) is 2.98. The summed E-state index contributed by atoms with van der Waals surface area (Å²) in [6.07, 6.45) is 0. The second-order valence-corrected chi connectivity index (χ2v) is 5.89. The first-order valence-electron chi connectivity index (χ1n) is 7.18. The average molecular weight is 295 g/mol. The first-order valence-corrected chi connectivity index (χ1v) is 8.06. The number of hydrogen-bond donors (Lipinski definition) is 1. The van der Waals surface area contributed by atoms with Gasteiger partial charge in [0.2, 0.25) is 0 Å². The van der Waals surface area contributed by atoms with Gasteiger partial charge < -0.3 is 0 Å². The third-order valence-electron chi connectivity index (χ3n) is 3.51. The van der Waals surface area contributed by atoms with Crippen LogP contribution in [0.15, 0.2) is 60.0 Å². The van der Waals surface area contributed by atoms with Gasteiger partial charge in [-0.2, -0.15) is 0 Å². The van der Waals surface area contributed by atoms with Crippen molar-refractivity contribution in [1.29, 1.82) is 0 Å². The Kier molecular flexibility index (Phi) is 4.02. The van der Waals surface area contributed by atoms with Crippen molar-refractivity contribution in [3.63, 3.8) is 0 Å². The predicted molar refractivity (Wildman–Crippen MR) is 90.1 cm³/mol. The Morgan fingerprint density at radius 2 is 1.71 bits per heavy atom. The van der Waals surface area contributed by atoms with Crippen LogP contribution in [0.4, 0.5) is 10.8 Å². The van der Waals surface area contributed by atoms with E-state index in [0.29, 0.717) is 0 Å². The van der Waals surface area contributed by atoms with Gasteiger partial charge >= 0.3 is 5.13 Å². The molecule has 0 atom stereocenters. The molecule has 0 bridgehead atoms. The summed E-state index contributed by atoms with van der Waals surface area (Å²) in [5.74, 6) is 0. The molecule has 0 saturated heterocycles. The van der Waals surface area contributed by atoms with Gasteiger partial charge in [0, 0.05) is 10.9 Å². The average Bonchev–Trinajstić information content (AvgIpc) is 2.92. The molecule has 1 aromatic heterocycles. The molecule has 21 heavy (non-hydrogen) atoms. The third-order valence-corrected chi connectivity index (χ3v) is 4.39. The van der Waals surface area contributed by atoms with Crippen LogP contribution in [0.5, 0.6) is 0 Å². The van der Waals surface area contributed by atoms with Gasteiger partial charge in [-0.15, -0.1) is 0 Å². The van der Waals surface area contributed by atoms with Crippen LogP contribution < -0.4 is 9.88 Å². The van der Waals surface area contributed by atoms with Crippen molar-refractivity contribution in [2.24, 2.45) is 0 Å². The van der Waals surface area contributed by atoms with E-state index in [0.717, 1.165) is 12.2 Å². The molecular formula is C18H19N2S+. The van der Waals surface area contributed by atoms with Crippen LogP contribution in [0.25, 0.3) is 11.3 Å². The van der Waals surface area contributed by atoms with Crippen LogP contribution >= 0.6 is 11.3 Å². The van der Waals surface area contributed by atoms with E-state index in [2.05, 4.69) is 65.5 Å². The second kappa shape index (κ2) is 6.10. The van der Waals surface area contributed by atoms with Gasteiger partial charge in [-0.3, -0.25) is 0 Å². The van der Waals surface area contributed by atoms with Crippen LogP contribution in [-0.2, 0) is 6.54 Å². The molecule has 3 heteroatoms. The number of aryl methyl sites for hydroxylation is 1. The van der Waals surface area contributed by atoms with Gasteiger partial charge in [0.05, 0.1) is 6.54 Å². The van der Waals surface area contributed by atoms with Crippen molar-refractivity contribution in [3.8, 4) is 11.3 Å². The lowest BCUT2D eigenvalue weighted by atomic mass is 10.1. The van der Waals surface area contributed by atoms with Crippen molar-refractivity contribution >= 4 is 22.2 Å². The van der Waals surface area contributed by atoms with E-state index in [4.69, 9.17) is 0 Å². The summed E-state index contributed by atoms with van der Waals surface area (Å²) in [5, 5.41) is 6.89. The molecule has 2 nitrogen and oxygen atoms in total. The molecule has 0 spiro atoms. The molecule has 0 fully saturated rings. The minimum atomic E-state index is 0.946. The Hall–Kier alpha value is -2.13. The van der Waals surface area contributed by atoms with Gasteiger partial charge in [0.1, 0.15) is 11.4 Å². The monoisotopic (exact) mass is 295 g/mol. The molecule has 0 radical (unpaired) electrons. The summed E-state index contributed by atoms with van der Waals surface area (Å²) in [5.41, 5.74) is 4.94. The highest BCUT2D eigenvalue weighted by atomic mass is 32.1. The van der Waals surface area contributed by atoms with Crippen molar-refractivity contribution in [2.45, 2.75) is 20.4 Å². The predicted octanol–water partition coefficient (Wildman–Crippen LogP) is 4.77. The minimum absolute atomic E-state index is 0.946. The molecule has 0 saturated carbocycles. The molecule has 3 aromatic rings. The number of nitrogens with zero attached hydrogens (tertiary/aromatic N) is 1. The lowest BCUT2D eigenvalue weighted by molar-refractivity contribution is -0.664. The topological polar surface area (TPSA) is 15.9 Å². The summed E-state index contributed by atoms with van der Waals surface area (Å²) in [7, 11) is 0. The Bertz CT molecular complexity index is 715. The maximum atomic E-state index is 3.51. The Balaban J connectivity index is 1.95. The van der Waals surface area contributed by atoms with Crippen molar-refractivity contribution in [3.05, 3.63) is 65.5 Å². The van der Waals surface area contributed by atoms with E-state index < -0.39 is 0 Å². The summed E-state index contributed by atoms with van der Waals surface area (Å²) in [6, 6.07) is 19.0. The number of nitrogens with one attached hydrogen (secondary N) is 1. The molecule has 106 valence electrons. The lowest BCUT2D eigenvalue weighted by Crippen LogP contribution is -2.34. The lowest BCUT2D eigenvalue weighted by Gasteiger charge is -2.04. The number of hydrogen-bond acceptors (Lipinski definition) is 2. The fourth-order valence-electron chi connectivity index (χ4n) is 2.35. The highest BCUT2D eigenvalue weighted by molar-refractivity contribution is 7.13. The highest BCUT2D eigenvalue weighted by Crippen LogP contribution is 2.25. The van der Waals surface area contributed by atoms with E-state index in [1.165, 1.54) is 22.0 Å². The van der Waals surface area contributed by atoms with Gasteiger partial charge in [0.15, 0.2) is 0 Å². The molecule has 0 amide bonds. The Morgan fingerprint density at radius 1 is 1.00 bits per heavy atom. The molecule has 3 rings (SSSR count). The van der Waals surface area contributed by atoms with Crippen LogP contribution in [0, 0.1) is 6.92 Å².